The van der Waals surface area contributed by atoms with Crippen LogP contribution in [0.3, 0.4) is 0 Å². The summed E-state index contributed by atoms with van der Waals surface area (Å²) in [6.45, 7) is 4.77. The van der Waals surface area contributed by atoms with Crippen LogP contribution in [0, 0.1) is 11.3 Å². The molecule has 0 N–H and O–H groups in total. The number of nitriles is 1. The minimum atomic E-state index is -0.615. The maximum Gasteiger partial charge on any atom is 0.225 e. The first-order valence-corrected chi connectivity index (χ1v) is 9.55. The molecule has 1 aliphatic heterocycles. The van der Waals surface area contributed by atoms with E-state index in [0.717, 1.165) is 17.1 Å². The van der Waals surface area contributed by atoms with Gasteiger partial charge in [0.15, 0.2) is 0 Å². The molecular weight excluding hydrogens is 354 g/mol. The summed E-state index contributed by atoms with van der Waals surface area (Å²) in [5.41, 5.74) is 1.71. The third-order valence-corrected chi connectivity index (χ3v) is 4.65. The molecule has 28 heavy (non-hydrogen) atoms. The van der Waals surface area contributed by atoms with Crippen molar-refractivity contribution in [2.24, 2.45) is 0 Å². The van der Waals surface area contributed by atoms with Crippen molar-refractivity contribution < 1.29 is 14.3 Å². The lowest BCUT2D eigenvalue weighted by atomic mass is 10.1. The molecule has 1 saturated heterocycles. The number of anilines is 2. The SMILES string of the molecule is CCOc1ccc(N(c2ccccc2)C(C#N)CC(=O)N2CCOCC2)cc1. The topological polar surface area (TPSA) is 65.8 Å². The van der Waals surface area contributed by atoms with E-state index in [-0.39, 0.29) is 12.3 Å². The van der Waals surface area contributed by atoms with Crippen molar-refractivity contribution in [3.05, 3.63) is 54.6 Å². The minimum absolute atomic E-state index is 0.0262. The van der Waals surface area contributed by atoms with Gasteiger partial charge in [-0.3, -0.25) is 4.79 Å². The van der Waals surface area contributed by atoms with E-state index >= 15 is 0 Å². The molecule has 0 saturated carbocycles. The maximum absolute atomic E-state index is 12.7. The van der Waals surface area contributed by atoms with Crippen LogP contribution in [0.1, 0.15) is 13.3 Å². The summed E-state index contributed by atoms with van der Waals surface area (Å²) in [6, 6.07) is 19.0. The summed E-state index contributed by atoms with van der Waals surface area (Å²) in [4.78, 5) is 16.4. The summed E-state index contributed by atoms with van der Waals surface area (Å²) in [5.74, 6) is 0.749. The number of benzene rings is 2. The van der Waals surface area contributed by atoms with Crippen LogP contribution in [0.4, 0.5) is 11.4 Å². The average molecular weight is 379 g/mol. The van der Waals surface area contributed by atoms with Crippen molar-refractivity contribution >= 4 is 17.3 Å². The lowest BCUT2D eigenvalue weighted by Crippen LogP contribution is -2.43. The van der Waals surface area contributed by atoms with Crippen LogP contribution >= 0.6 is 0 Å². The van der Waals surface area contributed by atoms with E-state index in [9.17, 15) is 10.1 Å². The highest BCUT2D eigenvalue weighted by molar-refractivity contribution is 5.79. The van der Waals surface area contributed by atoms with Crippen molar-refractivity contribution in [1.29, 1.82) is 5.26 Å². The Bertz CT molecular complexity index is 796. The van der Waals surface area contributed by atoms with Crippen molar-refractivity contribution in [3.8, 4) is 11.8 Å². The number of amides is 1. The number of rotatable bonds is 7. The van der Waals surface area contributed by atoms with Crippen LogP contribution in [0.5, 0.6) is 5.75 Å². The highest BCUT2D eigenvalue weighted by Gasteiger charge is 2.26. The van der Waals surface area contributed by atoms with E-state index in [1.54, 1.807) is 4.90 Å². The molecule has 1 fully saturated rings. The first kappa shape index (κ1) is 19.7. The smallest absolute Gasteiger partial charge is 0.225 e. The van der Waals surface area contributed by atoms with E-state index in [1.807, 2.05) is 66.4 Å². The van der Waals surface area contributed by atoms with Crippen LogP contribution in [-0.4, -0.2) is 49.8 Å². The normalized spacial score (nSPS) is 14.8. The molecule has 1 atom stereocenters. The highest BCUT2D eigenvalue weighted by Crippen LogP contribution is 2.30. The fourth-order valence-electron chi connectivity index (χ4n) is 3.27. The summed E-state index contributed by atoms with van der Waals surface area (Å²) < 4.78 is 10.8. The average Bonchev–Trinajstić information content (AvgIpc) is 2.76. The Kier molecular flexibility index (Phi) is 6.88. The largest absolute Gasteiger partial charge is 0.494 e. The second-order valence-corrected chi connectivity index (χ2v) is 6.47. The Morgan fingerprint density at radius 3 is 2.39 bits per heavy atom. The number of carbonyl (C=O) groups is 1. The summed E-state index contributed by atoms with van der Waals surface area (Å²) in [7, 11) is 0. The van der Waals surface area contributed by atoms with E-state index in [4.69, 9.17) is 9.47 Å². The summed E-state index contributed by atoms with van der Waals surface area (Å²) >= 11 is 0. The summed E-state index contributed by atoms with van der Waals surface area (Å²) in [5, 5.41) is 9.89. The molecule has 1 aliphatic rings. The van der Waals surface area contributed by atoms with Gasteiger partial charge in [0.1, 0.15) is 11.8 Å². The quantitative estimate of drug-likeness (QED) is 0.738. The predicted octanol–water partition coefficient (Wildman–Crippen LogP) is 3.36. The molecule has 0 radical (unpaired) electrons. The van der Waals surface area contributed by atoms with Crippen molar-refractivity contribution in [2.75, 3.05) is 37.8 Å². The second kappa shape index (κ2) is 9.77. The monoisotopic (exact) mass is 379 g/mol. The number of para-hydroxylation sites is 1. The molecule has 2 aromatic carbocycles. The molecular formula is C22H25N3O3. The molecule has 2 aromatic rings. The summed E-state index contributed by atoms with van der Waals surface area (Å²) in [6.07, 6.45) is 0.124. The third-order valence-electron chi connectivity index (χ3n) is 4.65. The molecule has 146 valence electrons. The van der Waals surface area contributed by atoms with E-state index < -0.39 is 6.04 Å². The predicted molar refractivity (Wildman–Crippen MR) is 108 cm³/mol. The lowest BCUT2D eigenvalue weighted by Gasteiger charge is -2.32. The highest BCUT2D eigenvalue weighted by atomic mass is 16.5. The van der Waals surface area contributed by atoms with Crippen molar-refractivity contribution in [1.82, 2.24) is 4.90 Å². The standard InChI is InChI=1S/C22H25N3O3/c1-2-28-21-10-8-19(9-11-21)25(18-6-4-3-5-7-18)20(17-23)16-22(26)24-12-14-27-15-13-24/h3-11,20H,2,12-16H2,1H3. The van der Waals surface area contributed by atoms with E-state index in [1.165, 1.54) is 0 Å². The van der Waals surface area contributed by atoms with Crippen LogP contribution in [0.25, 0.3) is 0 Å². The molecule has 6 nitrogen and oxygen atoms in total. The Balaban J connectivity index is 1.86. The van der Waals surface area contributed by atoms with Gasteiger partial charge in [-0.25, -0.2) is 0 Å². The Labute approximate surface area is 165 Å². The molecule has 0 bridgehead atoms. The van der Waals surface area contributed by atoms with E-state index in [2.05, 4.69) is 6.07 Å². The van der Waals surface area contributed by atoms with Gasteiger partial charge in [0.05, 0.1) is 32.3 Å². The Morgan fingerprint density at radius 1 is 1.14 bits per heavy atom. The van der Waals surface area contributed by atoms with Gasteiger partial charge in [0.25, 0.3) is 0 Å². The van der Waals surface area contributed by atoms with E-state index in [0.29, 0.717) is 32.9 Å². The van der Waals surface area contributed by atoms with Gasteiger partial charge in [-0.15, -0.1) is 0 Å². The second-order valence-electron chi connectivity index (χ2n) is 6.47. The molecule has 0 aromatic heterocycles. The molecule has 1 unspecified atom stereocenters. The van der Waals surface area contributed by atoms with Crippen LogP contribution in [0.2, 0.25) is 0 Å². The van der Waals surface area contributed by atoms with Crippen LogP contribution < -0.4 is 9.64 Å². The van der Waals surface area contributed by atoms with Gasteiger partial charge in [-0.2, -0.15) is 5.26 Å². The number of hydrogen-bond donors (Lipinski definition) is 0. The number of ether oxygens (including phenoxy) is 2. The number of nitrogens with zero attached hydrogens (tertiary/aromatic N) is 3. The van der Waals surface area contributed by atoms with Crippen LogP contribution in [-0.2, 0) is 9.53 Å². The number of carbonyl (C=O) groups excluding carboxylic acids is 1. The first-order chi connectivity index (χ1) is 13.7. The Hall–Kier alpha value is -3.04. The molecule has 3 rings (SSSR count). The van der Waals surface area contributed by atoms with Gasteiger partial charge in [-0.05, 0) is 43.3 Å². The van der Waals surface area contributed by atoms with Gasteiger partial charge >= 0.3 is 0 Å². The lowest BCUT2D eigenvalue weighted by molar-refractivity contribution is -0.135. The fraction of sp³-hybridized carbons (Fsp3) is 0.364. The van der Waals surface area contributed by atoms with Crippen LogP contribution in [0.15, 0.2) is 54.6 Å². The molecule has 1 heterocycles. The first-order valence-electron chi connectivity index (χ1n) is 9.55. The zero-order valence-corrected chi connectivity index (χ0v) is 16.1. The molecule has 0 spiro atoms. The van der Waals surface area contributed by atoms with Gasteiger partial charge < -0.3 is 19.3 Å². The molecule has 0 aliphatic carbocycles. The number of hydrogen-bond acceptors (Lipinski definition) is 5. The third kappa shape index (κ3) is 4.81. The van der Waals surface area contributed by atoms with Crippen molar-refractivity contribution in [3.63, 3.8) is 0 Å². The fourth-order valence-corrected chi connectivity index (χ4v) is 3.27. The zero-order valence-electron chi connectivity index (χ0n) is 16.1. The Morgan fingerprint density at radius 2 is 1.79 bits per heavy atom. The van der Waals surface area contributed by atoms with Gasteiger partial charge in [0.2, 0.25) is 5.91 Å². The maximum atomic E-state index is 12.7. The van der Waals surface area contributed by atoms with Gasteiger partial charge in [-0.1, -0.05) is 18.2 Å². The number of morpholine rings is 1. The van der Waals surface area contributed by atoms with Crippen molar-refractivity contribution in [2.45, 2.75) is 19.4 Å². The molecule has 1 amide bonds. The van der Waals surface area contributed by atoms with Gasteiger partial charge in [0, 0.05) is 24.5 Å². The zero-order chi connectivity index (χ0) is 19.8. The minimum Gasteiger partial charge on any atom is -0.494 e. The molecule has 6 heteroatoms.